The van der Waals surface area contributed by atoms with Gasteiger partial charge in [-0.1, -0.05) is 23.7 Å². The normalized spacial score (nSPS) is 18.1. The van der Waals surface area contributed by atoms with E-state index in [1.165, 1.54) is 6.20 Å². The van der Waals surface area contributed by atoms with E-state index in [1.807, 2.05) is 24.3 Å². The Labute approximate surface area is 230 Å². The number of piperidine rings is 1. The molecule has 2 saturated heterocycles. The summed E-state index contributed by atoms with van der Waals surface area (Å²) in [5.41, 5.74) is 2.96. The number of nitrogens with zero attached hydrogens (tertiary/aromatic N) is 7. The molecule has 200 valence electrons. The second kappa shape index (κ2) is 11.2. The highest BCUT2D eigenvalue weighted by molar-refractivity contribution is 6.30. The number of fused-ring (bicyclic) bond motifs is 1. The quantitative estimate of drug-likeness (QED) is 0.321. The zero-order valence-corrected chi connectivity index (χ0v) is 22.0. The van der Waals surface area contributed by atoms with Crippen molar-refractivity contribution in [2.45, 2.75) is 51.0 Å². The summed E-state index contributed by atoms with van der Waals surface area (Å²) in [4.78, 5) is 20.1. The van der Waals surface area contributed by atoms with Crippen LogP contribution >= 0.6 is 11.6 Å². The number of benzene rings is 1. The number of rotatable bonds is 8. The molecule has 0 spiro atoms. The van der Waals surface area contributed by atoms with E-state index in [2.05, 4.69) is 30.5 Å². The van der Waals surface area contributed by atoms with Gasteiger partial charge < -0.3 is 14.0 Å². The summed E-state index contributed by atoms with van der Waals surface area (Å²) in [6.45, 7) is 3.66. The first-order valence-electron chi connectivity index (χ1n) is 13.1. The Morgan fingerprint density at radius 3 is 2.62 bits per heavy atom. The molecule has 6 rings (SSSR count). The van der Waals surface area contributed by atoms with Crippen molar-refractivity contribution < 1.29 is 13.9 Å². The lowest BCUT2D eigenvalue weighted by atomic mass is 10.1. The van der Waals surface area contributed by atoms with Crippen molar-refractivity contribution in [1.82, 2.24) is 29.4 Å². The number of ether oxygens (including phenoxy) is 2. The van der Waals surface area contributed by atoms with Gasteiger partial charge in [0.25, 0.3) is 5.88 Å². The van der Waals surface area contributed by atoms with Gasteiger partial charge in [-0.3, -0.25) is 4.90 Å². The first-order chi connectivity index (χ1) is 19.0. The zero-order chi connectivity index (χ0) is 26.8. The van der Waals surface area contributed by atoms with E-state index in [4.69, 9.17) is 26.1 Å². The molecule has 0 unspecified atom stereocenters. The molecular formula is C28H27ClFN7O2. The minimum atomic E-state index is -0.562. The molecule has 1 atom stereocenters. The predicted molar refractivity (Wildman–Crippen MR) is 142 cm³/mol. The van der Waals surface area contributed by atoms with Crippen molar-refractivity contribution in [1.29, 1.82) is 5.26 Å². The van der Waals surface area contributed by atoms with E-state index < -0.39 is 5.82 Å². The van der Waals surface area contributed by atoms with E-state index in [9.17, 15) is 9.65 Å². The monoisotopic (exact) mass is 547 g/mol. The number of likely N-dealkylation sites (tertiary alicyclic amines) is 1. The Morgan fingerprint density at radius 2 is 1.90 bits per heavy atom. The molecule has 2 fully saturated rings. The maximum atomic E-state index is 14.5. The molecule has 2 aliphatic heterocycles. The smallest absolute Gasteiger partial charge is 0.254 e. The van der Waals surface area contributed by atoms with E-state index in [-0.39, 0.29) is 18.1 Å². The predicted octanol–water partition coefficient (Wildman–Crippen LogP) is 4.31. The molecule has 4 aromatic rings. The minimum Gasteiger partial charge on any atom is -0.472 e. The highest BCUT2D eigenvalue weighted by Gasteiger charge is 2.26. The average molecular weight is 548 g/mol. The van der Waals surface area contributed by atoms with Crippen LogP contribution < -0.4 is 4.74 Å². The minimum absolute atomic E-state index is 0.00549. The van der Waals surface area contributed by atoms with Gasteiger partial charge in [-0.25, -0.2) is 15.0 Å². The van der Waals surface area contributed by atoms with Gasteiger partial charge in [-0.2, -0.15) is 14.6 Å². The van der Waals surface area contributed by atoms with Gasteiger partial charge in [0.05, 0.1) is 31.0 Å². The van der Waals surface area contributed by atoms with Gasteiger partial charge in [0.1, 0.15) is 29.3 Å². The fraction of sp³-hybridized carbons (Fsp3) is 0.393. The Hall–Kier alpha value is -3.65. The van der Waals surface area contributed by atoms with Crippen LogP contribution in [0.5, 0.6) is 5.88 Å². The van der Waals surface area contributed by atoms with Gasteiger partial charge in [0, 0.05) is 37.3 Å². The largest absolute Gasteiger partial charge is 0.472 e. The standard InChI is InChI=1S/C28H27ClFN7O2/c29-20-3-1-18(2-4-20)12-25-32-15-23(30)28(35-25)39-21-5-8-36(9-6-21)17-26-34-24-11-19(13-31)14-33-27(24)37(26)16-22-7-10-38-22/h1-4,11,14-15,21-22H,5-10,12,16-17H2/t22-/m0/s1. The molecule has 1 aromatic carbocycles. The third kappa shape index (κ3) is 5.86. The third-order valence-corrected chi connectivity index (χ3v) is 7.44. The average Bonchev–Trinajstić information content (AvgIpc) is 3.26. The summed E-state index contributed by atoms with van der Waals surface area (Å²) in [6, 6.07) is 11.3. The first-order valence-corrected chi connectivity index (χ1v) is 13.4. The maximum Gasteiger partial charge on any atom is 0.254 e. The van der Waals surface area contributed by atoms with Crippen molar-refractivity contribution in [2.75, 3.05) is 19.7 Å². The Kier molecular flexibility index (Phi) is 7.37. The summed E-state index contributed by atoms with van der Waals surface area (Å²) in [5, 5.41) is 9.92. The summed E-state index contributed by atoms with van der Waals surface area (Å²) in [7, 11) is 0. The van der Waals surface area contributed by atoms with Crippen LogP contribution in [0.1, 0.15) is 42.0 Å². The van der Waals surface area contributed by atoms with Crippen LogP contribution in [0.3, 0.4) is 0 Å². The molecule has 0 aliphatic carbocycles. The SMILES string of the molecule is N#Cc1cnc2c(c1)nc(CN1CCC(Oc3nc(Cc4ccc(Cl)cc4)ncc3F)CC1)n2C[C@@H]1CCO1. The number of pyridine rings is 1. The van der Waals surface area contributed by atoms with Crippen molar-refractivity contribution in [3.05, 3.63) is 76.3 Å². The Balaban J connectivity index is 1.10. The highest BCUT2D eigenvalue weighted by atomic mass is 35.5. The van der Waals surface area contributed by atoms with Crippen molar-refractivity contribution in [3.63, 3.8) is 0 Å². The number of imidazole rings is 1. The molecule has 3 aromatic heterocycles. The molecule has 39 heavy (non-hydrogen) atoms. The van der Waals surface area contributed by atoms with E-state index in [1.54, 1.807) is 12.3 Å². The molecule has 11 heteroatoms. The number of aromatic nitrogens is 5. The fourth-order valence-electron chi connectivity index (χ4n) is 4.95. The van der Waals surface area contributed by atoms with Crippen molar-refractivity contribution in [2.24, 2.45) is 0 Å². The Morgan fingerprint density at radius 1 is 1.10 bits per heavy atom. The van der Waals surface area contributed by atoms with Crippen LogP contribution in [0.25, 0.3) is 11.2 Å². The van der Waals surface area contributed by atoms with E-state index >= 15 is 0 Å². The summed E-state index contributed by atoms with van der Waals surface area (Å²) in [5.74, 6) is 0.826. The van der Waals surface area contributed by atoms with Crippen LogP contribution in [0, 0.1) is 17.1 Å². The lowest BCUT2D eigenvalue weighted by Crippen LogP contribution is -2.39. The molecular weight excluding hydrogens is 521 g/mol. The second-order valence-electron chi connectivity index (χ2n) is 9.93. The van der Waals surface area contributed by atoms with Gasteiger partial charge in [-0.15, -0.1) is 0 Å². The number of nitriles is 1. The molecule has 5 heterocycles. The van der Waals surface area contributed by atoms with E-state index in [0.717, 1.165) is 61.5 Å². The van der Waals surface area contributed by atoms with Crippen LogP contribution in [0.2, 0.25) is 5.02 Å². The van der Waals surface area contributed by atoms with Crippen LogP contribution in [-0.4, -0.2) is 61.3 Å². The molecule has 0 saturated carbocycles. The van der Waals surface area contributed by atoms with Gasteiger partial charge in [0.15, 0.2) is 5.65 Å². The van der Waals surface area contributed by atoms with E-state index in [0.29, 0.717) is 35.9 Å². The van der Waals surface area contributed by atoms with Gasteiger partial charge in [0.2, 0.25) is 5.82 Å². The number of hydrogen-bond donors (Lipinski definition) is 0. The molecule has 9 nitrogen and oxygen atoms in total. The summed E-state index contributed by atoms with van der Waals surface area (Å²) in [6.07, 6.45) is 5.72. The third-order valence-electron chi connectivity index (χ3n) is 7.19. The summed E-state index contributed by atoms with van der Waals surface area (Å²) < 4.78 is 28.3. The van der Waals surface area contributed by atoms with Crippen LogP contribution in [-0.2, 0) is 24.2 Å². The van der Waals surface area contributed by atoms with Crippen LogP contribution in [0.15, 0.2) is 42.7 Å². The maximum absolute atomic E-state index is 14.5. The Bertz CT molecular complexity index is 1510. The van der Waals surface area contributed by atoms with Gasteiger partial charge in [-0.05, 0) is 43.0 Å². The number of hydrogen-bond acceptors (Lipinski definition) is 8. The van der Waals surface area contributed by atoms with Crippen LogP contribution in [0.4, 0.5) is 4.39 Å². The van der Waals surface area contributed by atoms with Crippen molar-refractivity contribution in [3.8, 4) is 11.9 Å². The first kappa shape index (κ1) is 25.6. The number of halogens is 2. The lowest BCUT2D eigenvalue weighted by Gasteiger charge is -2.32. The molecule has 0 bridgehead atoms. The molecule has 0 radical (unpaired) electrons. The lowest BCUT2D eigenvalue weighted by molar-refractivity contribution is -0.0593. The van der Waals surface area contributed by atoms with Crippen molar-refractivity contribution >= 4 is 22.8 Å². The molecule has 0 N–H and O–H groups in total. The fourth-order valence-corrected chi connectivity index (χ4v) is 5.07. The second-order valence-corrected chi connectivity index (χ2v) is 10.4. The highest BCUT2D eigenvalue weighted by Crippen LogP contribution is 2.24. The molecule has 0 amide bonds. The summed E-state index contributed by atoms with van der Waals surface area (Å²) >= 11 is 5.96. The topological polar surface area (TPSA) is 102 Å². The van der Waals surface area contributed by atoms with Gasteiger partial charge >= 0.3 is 0 Å². The zero-order valence-electron chi connectivity index (χ0n) is 21.3. The molecule has 2 aliphatic rings.